The molecule has 1 saturated carbocycles. The molecule has 0 bridgehead atoms. The molecule has 88 valence electrons. The Kier molecular flexibility index (Phi) is 3.77. The minimum atomic E-state index is -0.414. The van der Waals surface area contributed by atoms with Gasteiger partial charge in [-0.15, -0.1) is 0 Å². The minimum Gasteiger partial charge on any atom is -0.458 e. The summed E-state index contributed by atoms with van der Waals surface area (Å²) in [6, 6.07) is 0. The topological polar surface area (TPSA) is 35.5 Å². The van der Waals surface area contributed by atoms with Crippen molar-refractivity contribution in [1.29, 1.82) is 0 Å². The maximum absolute atomic E-state index is 11.3. The minimum absolute atomic E-state index is 0.0767. The molecule has 15 heavy (non-hydrogen) atoms. The third-order valence-electron chi connectivity index (χ3n) is 2.59. The van der Waals surface area contributed by atoms with Gasteiger partial charge in [0.25, 0.3) is 0 Å². The van der Waals surface area contributed by atoms with Crippen LogP contribution in [0.4, 0.5) is 0 Å². The average Bonchev–Trinajstić information content (AvgIpc) is 2.75. The molecule has 0 aromatic carbocycles. The van der Waals surface area contributed by atoms with Gasteiger partial charge in [0, 0.05) is 6.61 Å². The molecule has 1 aliphatic rings. The van der Waals surface area contributed by atoms with Crippen LogP contribution in [0.5, 0.6) is 0 Å². The third-order valence-corrected chi connectivity index (χ3v) is 2.59. The Bertz CT molecular complexity index is 224. The van der Waals surface area contributed by atoms with Gasteiger partial charge in [0.15, 0.2) is 0 Å². The molecular formula is C12H22O3. The van der Waals surface area contributed by atoms with Gasteiger partial charge in [-0.05, 0) is 45.4 Å². The van der Waals surface area contributed by atoms with Crippen LogP contribution in [0.15, 0.2) is 0 Å². The van der Waals surface area contributed by atoms with Crippen LogP contribution in [0, 0.1) is 5.41 Å². The van der Waals surface area contributed by atoms with E-state index in [0.29, 0.717) is 12.0 Å². The molecule has 3 nitrogen and oxygen atoms in total. The number of hydrogen-bond acceptors (Lipinski definition) is 3. The molecule has 0 spiro atoms. The fraction of sp³-hybridized carbons (Fsp3) is 0.917. The average molecular weight is 214 g/mol. The molecule has 1 fully saturated rings. The number of esters is 1. The molecule has 3 heteroatoms. The summed E-state index contributed by atoms with van der Waals surface area (Å²) in [5.74, 6) is -0.275. The predicted octanol–water partition coefficient (Wildman–Crippen LogP) is 2.53. The van der Waals surface area contributed by atoms with E-state index in [1.807, 2.05) is 20.8 Å². The van der Waals surface area contributed by atoms with Crippen LogP contribution in [0.25, 0.3) is 0 Å². The van der Waals surface area contributed by atoms with Crippen LogP contribution >= 0.6 is 0 Å². The molecule has 0 aliphatic heterocycles. The highest BCUT2D eigenvalue weighted by atomic mass is 16.6. The Morgan fingerprint density at radius 1 is 1.33 bits per heavy atom. The predicted molar refractivity (Wildman–Crippen MR) is 58.6 cm³/mol. The van der Waals surface area contributed by atoms with E-state index >= 15 is 0 Å². The van der Waals surface area contributed by atoms with E-state index in [1.54, 1.807) is 0 Å². The smallest absolute Gasteiger partial charge is 0.332 e. The van der Waals surface area contributed by atoms with Gasteiger partial charge in [-0.3, -0.25) is 0 Å². The molecule has 1 aliphatic carbocycles. The fourth-order valence-corrected chi connectivity index (χ4v) is 1.31. The van der Waals surface area contributed by atoms with Gasteiger partial charge in [0.2, 0.25) is 0 Å². The summed E-state index contributed by atoms with van der Waals surface area (Å²) in [5, 5.41) is 0. The van der Waals surface area contributed by atoms with E-state index < -0.39 is 5.60 Å². The zero-order valence-electron chi connectivity index (χ0n) is 10.3. The molecule has 0 aromatic heterocycles. The first-order chi connectivity index (χ1) is 6.81. The molecule has 0 saturated heterocycles. The molecule has 0 atom stereocenters. The van der Waals surface area contributed by atoms with Crippen LogP contribution in [0.2, 0.25) is 0 Å². The molecule has 0 aromatic rings. The highest BCUT2D eigenvalue weighted by molar-refractivity contribution is 5.71. The molecule has 1 rings (SSSR count). The number of carbonyl (C=O) groups is 1. The van der Waals surface area contributed by atoms with Gasteiger partial charge in [0.05, 0.1) is 0 Å². The van der Waals surface area contributed by atoms with Crippen molar-refractivity contribution in [2.45, 2.75) is 52.6 Å². The van der Waals surface area contributed by atoms with Gasteiger partial charge in [0.1, 0.15) is 12.2 Å². The van der Waals surface area contributed by atoms with Gasteiger partial charge >= 0.3 is 5.97 Å². The van der Waals surface area contributed by atoms with Crippen molar-refractivity contribution in [3.05, 3.63) is 0 Å². The maximum atomic E-state index is 11.3. The summed E-state index contributed by atoms with van der Waals surface area (Å²) in [4.78, 5) is 11.3. The van der Waals surface area contributed by atoms with E-state index in [1.165, 1.54) is 12.8 Å². The third kappa shape index (κ3) is 5.78. The second-order valence-corrected chi connectivity index (χ2v) is 5.70. The Balaban J connectivity index is 2.02. The lowest BCUT2D eigenvalue weighted by atomic mass is 10.1. The summed E-state index contributed by atoms with van der Waals surface area (Å²) >= 11 is 0. The lowest BCUT2D eigenvalue weighted by Crippen LogP contribution is -2.26. The molecule has 0 heterocycles. The SMILES string of the molecule is CC1(CCOCC(=O)OC(C)(C)C)CC1. The lowest BCUT2D eigenvalue weighted by Gasteiger charge is -2.19. The first-order valence-electron chi connectivity index (χ1n) is 5.60. The molecular weight excluding hydrogens is 192 g/mol. The highest BCUT2D eigenvalue weighted by Crippen LogP contribution is 2.47. The number of hydrogen-bond donors (Lipinski definition) is 0. The lowest BCUT2D eigenvalue weighted by molar-refractivity contribution is -0.160. The Morgan fingerprint density at radius 2 is 1.93 bits per heavy atom. The second kappa shape index (κ2) is 4.52. The first kappa shape index (κ1) is 12.5. The van der Waals surface area contributed by atoms with Crippen molar-refractivity contribution >= 4 is 5.97 Å². The monoisotopic (exact) mass is 214 g/mol. The first-order valence-corrected chi connectivity index (χ1v) is 5.60. The van der Waals surface area contributed by atoms with Gasteiger partial charge in [-0.1, -0.05) is 6.92 Å². The highest BCUT2D eigenvalue weighted by Gasteiger charge is 2.36. The standard InChI is InChI=1S/C12H22O3/c1-11(2,3)15-10(13)9-14-8-7-12(4)5-6-12/h5-9H2,1-4H3. The van der Waals surface area contributed by atoms with Crippen molar-refractivity contribution in [3.63, 3.8) is 0 Å². The quantitative estimate of drug-likeness (QED) is 0.521. The largest absolute Gasteiger partial charge is 0.458 e. The van der Waals surface area contributed by atoms with Gasteiger partial charge < -0.3 is 9.47 Å². The van der Waals surface area contributed by atoms with E-state index in [2.05, 4.69) is 6.92 Å². The summed E-state index contributed by atoms with van der Waals surface area (Å²) in [6.45, 7) is 8.56. The maximum Gasteiger partial charge on any atom is 0.332 e. The van der Waals surface area contributed by atoms with Gasteiger partial charge in [-0.2, -0.15) is 0 Å². The zero-order valence-corrected chi connectivity index (χ0v) is 10.3. The zero-order chi connectivity index (χ0) is 11.5. The molecule has 0 amide bonds. The number of ether oxygens (including phenoxy) is 2. The Labute approximate surface area is 92.1 Å². The van der Waals surface area contributed by atoms with Crippen LogP contribution < -0.4 is 0 Å². The Hall–Kier alpha value is -0.570. The van der Waals surface area contributed by atoms with Crippen molar-refractivity contribution < 1.29 is 14.3 Å². The Morgan fingerprint density at radius 3 is 2.40 bits per heavy atom. The van der Waals surface area contributed by atoms with E-state index in [0.717, 1.165) is 6.42 Å². The van der Waals surface area contributed by atoms with E-state index in [-0.39, 0.29) is 12.6 Å². The summed E-state index contributed by atoms with van der Waals surface area (Å²) in [7, 11) is 0. The van der Waals surface area contributed by atoms with E-state index in [4.69, 9.17) is 9.47 Å². The molecule has 0 N–H and O–H groups in total. The van der Waals surface area contributed by atoms with Crippen LogP contribution in [-0.4, -0.2) is 24.8 Å². The van der Waals surface area contributed by atoms with Crippen LogP contribution in [0.3, 0.4) is 0 Å². The summed E-state index contributed by atoms with van der Waals surface area (Å²) < 4.78 is 10.4. The number of carbonyl (C=O) groups excluding carboxylic acids is 1. The van der Waals surface area contributed by atoms with Crippen LogP contribution in [-0.2, 0) is 14.3 Å². The van der Waals surface area contributed by atoms with Crippen molar-refractivity contribution in [2.75, 3.05) is 13.2 Å². The summed E-state index contributed by atoms with van der Waals surface area (Å²) in [5.41, 5.74) is 0.0802. The van der Waals surface area contributed by atoms with Crippen molar-refractivity contribution in [1.82, 2.24) is 0 Å². The second-order valence-electron chi connectivity index (χ2n) is 5.70. The molecule has 0 radical (unpaired) electrons. The fourth-order valence-electron chi connectivity index (χ4n) is 1.31. The summed E-state index contributed by atoms with van der Waals surface area (Å²) in [6.07, 6.45) is 3.64. The van der Waals surface area contributed by atoms with Gasteiger partial charge in [-0.25, -0.2) is 4.79 Å². The van der Waals surface area contributed by atoms with Crippen molar-refractivity contribution in [2.24, 2.45) is 5.41 Å². The molecule has 0 unspecified atom stereocenters. The van der Waals surface area contributed by atoms with Crippen molar-refractivity contribution in [3.8, 4) is 0 Å². The van der Waals surface area contributed by atoms with E-state index in [9.17, 15) is 4.79 Å². The van der Waals surface area contributed by atoms with Crippen LogP contribution in [0.1, 0.15) is 47.0 Å². The normalized spacial score (nSPS) is 18.7. The number of rotatable bonds is 5.